The fraction of sp³-hybridized carbons (Fsp3) is 0.588. The molecule has 0 amide bonds. The molecule has 0 unspecified atom stereocenters. The third-order valence-electron chi connectivity index (χ3n) is 4.47. The molecule has 6 heteroatoms. The maximum Gasteiger partial charge on any atom is 0.131 e. The molecule has 4 rings (SSSR count). The minimum atomic E-state index is 0.845. The molecule has 23 heavy (non-hydrogen) atoms. The number of aromatic nitrogens is 3. The number of nitrogens with zero attached hydrogens (tertiary/aromatic N) is 3. The van der Waals surface area contributed by atoms with Gasteiger partial charge in [0, 0.05) is 30.5 Å². The predicted molar refractivity (Wildman–Crippen MR) is 94.2 cm³/mol. The van der Waals surface area contributed by atoms with Gasteiger partial charge in [-0.1, -0.05) is 0 Å². The van der Waals surface area contributed by atoms with E-state index in [0.29, 0.717) is 0 Å². The van der Waals surface area contributed by atoms with Crippen molar-refractivity contribution in [3.63, 3.8) is 0 Å². The Morgan fingerprint density at radius 1 is 1.09 bits per heavy atom. The van der Waals surface area contributed by atoms with Gasteiger partial charge in [-0.3, -0.25) is 0 Å². The molecular weight excluding hydrogens is 306 g/mol. The van der Waals surface area contributed by atoms with Crippen molar-refractivity contribution in [3.05, 3.63) is 28.0 Å². The zero-order valence-corrected chi connectivity index (χ0v) is 14.2. The highest BCUT2D eigenvalue weighted by Crippen LogP contribution is 2.29. The van der Waals surface area contributed by atoms with Gasteiger partial charge in [0.1, 0.15) is 18.0 Å². The van der Waals surface area contributed by atoms with Gasteiger partial charge in [0.15, 0.2) is 0 Å². The Hall–Kier alpha value is -1.69. The van der Waals surface area contributed by atoms with Gasteiger partial charge in [-0.25, -0.2) is 15.0 Å². The molecule has 0 atom stereocenters. The number of thiazole rings is 1. The van der Waals surface area contributed by atoms with Crippen LogP contribution in [0.25, 0.3) is 0 Å². The summed E-state index contributed by atoms with van der Waals surface area (Å²) >= 11 is 1.90. The van der Waals surface area contributed by atoms with E-state index >= 15 is 0 Å². The van der Waals surface area contributed by atoms with E-state index in [0.717, 1.165) is 37.1 Å². The van der Waals surface area contributed by atoms with Crippen LogP contribution in [0.5, 0.6) is 0 Å². The van der Waals surface area contributed by atoms with Crippen LogP contribution in [0.3, 0.4) is 0 Å². The number of hydrogen-bond donors (Lipinski definition) is 2. The van der Waals surface area contributed by atoms with Gasteiger partial charge < -0.3 is 10.6 Å². The van der Waals surface area contributed by atoms with Crippen molar-refractivity contribution in [2.75, 3.05) is 23.7 Å². The molecule has 1 fully saturated rings. The summed E-state index contributed by atoms with van der Waals surface area (Å²) in [4.78, 5) is 14.9. The van der Waals surface area contributed by atoms with Crippen LogP contribution in [0.2, 0.25) is 0 Å². The Morgan fingerprint density at radius 2 is 1.91 bits per heavy atom. The summed E-state index contributed by atoms with van der Waals surface area (Å²) < 4.78 is 0. The summed E-state index contributed by atoms with van der Waals surface area (Å²) in [5.41, 5.74) is 1.35. The molecule has 2 heterocycles. The molecule has 0 saturated heterocycles. The summed E-state index contributed by atoms with van der Waals surface area (Å²) in [5, 5.41) is 8.03. The first-order chi connectivity index (χ1) is 11.4. The standard InChI is InChI=1S/C17H23N5S/c1-2-4-14-13(3-1)22-17(23-14)7-8-18-15-9-16(21-11-20-15)19-10-12-5-6-12/h9,11-12H,1-8,10H2,(H2,18,19,20,21). The van der Waals surface area contributed by atoms with Crippen LogP contribution in [0, 0.1) is 5.92 Å². The van der Waals surface area contributed by atoms with E-state index in [4.69, 9.17) is 4.98 Å². The molecule has 2 aliphatic rings. The Kier molecular flexibility index (Phi) is 4.41. The fourth-order valence-corrected chi connectivity index (χ4v) is 4.09. The Balaban J connectivity index is 1.28. The van der Waals surface area contributed by atoms with Crippen molar-refractivity contribution in [3.8, 4) is 0 Å². The third-order valence-corrected chi connectivity index (χ3v) is 5.69. The molecule has 2 aliphatic carbocycles. The van der Waals surface area contributed by atoms with Crippen LogP contribution in [0.4, 0.5) is 11.6 Å². The molecule has 0 radical (unpaired) electrons. The smallest absolute Gasteiger partial charge is 0.131 e. The van der Waals surface area contributed by atoms with Crippen LogP contribution in [0.15, 0.2) is 12.4 Å². The number of nitrogens with one attached hydrogen (secondary N) is 2. The van der Waals surface area contributed by atoms with Crippen molar-refractivity contribution in [1.29, 1.82) is 0 Å². The molecule has 1 saturated carbocycles. The van der Waals surface area contributed by atoms with Crippen LogP contribution >= 0.6 is 11.3 Å². The zero-order chi connectivity index (χ0) is 15.5. The van der Waals surface area contributed by atoms with Crippen LogP contribution in [-0.4, -0.2) is 28.0 Å². The van der Waals surface area contributed by atoms with E-state index in [-0.39, 0.29) is 0 Å². The van der Waals surface area contributed by atoms with Gasteiger partial charge >= 0.3 is 0 Å². The lowest BCUT2D eigenvalue weighted by Crippen LogP contribution is -2.09. The van der Waals surface area contributed by atoms with Crippen LogP contribution in [-0.2, 0) is 19.3 Å². The highest BCUT2D eigenvalue weighted by Gasteiger charge is 2.20. The number of fused-ring (bicyclic) bond motifs is 1. The van der Waals surface area contributed by atoms with E-state index in [1.165, 1.54) is 54.1 Å². The normalized spacial score (nSPS) is 16.9. The van der Waals surface area contributed by atoms with E-state index < -0.39 is 0 Å². The van der Waals surface area contributed by atoms with E-state index in [1.54, 1.807) is 6.33 Å². The summed E-state index contributed by atoms with van der Waals surface area (Å²) in [6.07, 6.45) is 10.3. The number of anilines is 2. The molecule has 2 aromatic heterocycles. The van der Waals surface area contributed by atoms with E-state index in [2.05, 4.69) is 20.6 Å². The second-order valence-corrected chi connectivity index (χ2v) is 7.64. The Labute approximate surface area is 141 Å². The maximum atomic E-state index is 4.79. The van der Waals surface area contributed by atoms with Crippen LogP contribution in [0.1, 0.15) is 41.3 Å². The van der Waals surface area contributed by atoms with Gasteiger partial charge in [0.25, 0.3) is 0 Å². The number of aryl methyl sites for hydroxylation is 2. The van der Waals surface area contributed by atoms with Crippen molar-refractivity contribution in [2.24, 2.45) is 5.92 Å². The average molecular weight is 329 g/mol. The molecule has 0 bridgehead atoms. The lowest BCUT2D eigenvalue weighted by molar-refractivity contribution is 0.680. The van der Waals surface area contributed by atoms with E-state index in [1.807, 2.05) is 17.4 Å². The highest BCUT2D eigenvalue weighted by molar-refractivity contribution is 7.11. The van der Waals surface area contributed by atoms with Crippen LogP contribution < -0.4 is 10.6 Å². The molecular formula is C17H23N5S. The van der Waals surface area contributed by atoms with Gasteiger partial charge in [-0.2, -0.15) is 0 Å². The Morgan fingerprint density at radius 3 is 2.74 bits per heavy atom. The Bertz CT molecular complexity index is 641. The quantitative estimate of drug-likeness (QED) is 0.816. The molecule has 2 aromatic rings. The maximum absolute atomic E-state index is 4.79. The molecule has 0 aromatic carbocycles. The zero-order valence-electron chi connectivity index (χ0n) is 13.3. The highest BCUT2D eigenvalue weighted by atomic mass is 32.1. The molecule has 0 spiro atoms. The summed E-state index contributed by atoms with van der Waals surface area (Å²) in [5.74, 6) is 2.65. The molecule has 0 aliphatic heterocycles. The minimum Gasteiger partial charge on any atom is -0.370 e. The first-order valence-electron chi connectivity index (χ1n) is 8.64. The second kappa shape index (κ2) is 6.83. The topological polar surface area (TPSA) is 62.7 Å². The van der Waals surface area contributed by atoms with Gasteiger partial charge in [-0.05, 0) is 44.4 Å². The monoisotopic (exact) mass is 329 g/mol. The largest absolute Gasteiger partial charge is 0.370 e. The van der Waals surface area contributed by atoms with E-state index in [9.17, 15) is 0 Å². The van der Waals surface area contributed by atoms with Crippen molar-refractivity contribution in [1.82, 2.24) is 15.0 Å². The predicted octanol–water partition coefficient (Wildman–Crippen LogP) is 3.29. The molecule has 5 nitrogen and oxygen atoms in total. The third kappa shape index (κ3) is 3.99. The van der Waals surface area contributed by atoms with Gasteiger partial charge in [0.05, 0.1) is 10.7 Å². The number of hydrogen-bond acceptors (Lipinski definition) is 6. The number of rotatable bonds is 7. The SMILES string of the molecule is c1nc(NCCc2nc3c(s2)CCCC3)cc(NCC2CC2)n1. The average Bonchev–Trinajstić information content (AvgIpc) is 3.31. The molecule has 122 valence electrons. The van der Waals surface area contributed by atoms with Crippen molar-refractivity contribution in [2.45, 2.75) is 44.9 Å². The summed E-state index contributed by atoms with van der Waals surface area (Å²) in [6.45, 7) is 1.90. The lowest BCUT2D eigenvalue weighted by Gasteiger charge is -2.07. The molecule has 2 N–H and O–H groups in total. The second-order valence-electron chi connectivity index (χ2n) is 6.47. The van der Waals surface area contributed by atoms with Crippen molar-refractivity contribution >= 4 is 23.0 Å². The van der Waals surface area contributed by atoms with Gasteiger partial charge in [-0.15, -0.1) is 11.3 Å². The summed E-state index contributed by atoms with van der Waals surface area (Å²) in [6, 6.07) is 2.00. The minimum absolute atomic E-state index is 0.845. The lowest BCUT2D eigenvalue weighted by atomic mass is 10.0. The fourth-order valence-electron chi connectivity index (χ4n) is 2.93. The first-order valence-corrected chi connectivity index (χ1v) is 9.46. The first kappa shape index (κ1) is 14.9. The summed E-state index contributed by atoms with van der Waals surface area (Å²) in [7, 11) is 0. The van der Waals surface area contributed by atoms with Crippen molar-refractivity contribution < 1.29 is 0 Å². The van der Waals surface area contributed by atoms with Gasteiger partial charge in [0.2, 0.25) is 0 Å².